The molecule has 1 heterocycles. The summed E-state index contributed by atoms with van der Waals surface area (Å²) in [5.74, 6) is 0. The maximum absolute atomic E-state index is 11.5. The highest BCUT2D eigenvalue weighted by molar-refractivity contribution is 5.83. The van der Waals surface area contributed by atoms with E-state index in [4.69, 9.17) is 4.84 Å². The van der Waals surface area contributed by atoms with Crippen LogP contribution < -0.4 is 5.32 Å². The number of hydroxylamine groups is 2. The zero-order chi connectivity index (χ0) is 12.5. The van der Waals surface area contributed by atoms with Gasteiger partial charge in [0.25, 0.3) is 0 Å². The van der Waals surface area contributed by atoms with Gasteiger partial charge in [0, 0.05) is 12.1 Å². The van der Waals surface area contributed by atoms with Crippen LogP contribution >= 0.6 is 0 Å². The highest BCUT2D eigenvalue weighted by atomic mass is 16.8. The van der Waals surface area contributed by atoms with E-state index in [-0.39, 0.29) is 12.3 Å². The minimum atomic E-state index is -0.249. The number of hydrogen-bond donors (Lipinski definition) is 1. The van der Waals surface area contributed by atoms with Crippen molar-refractivity contribution in [3.05, 3.63) is 48.0 Å². The Morgan fingerprint density at radius 2 is 2.06 bits per heavy atom. The number of carbonyl (C=O) groups excluding carboxylic acids is 1. The fourth-order valence-corrected chi connectivity index (χ4v) is 2.02. The van der Waals surface area contributed by atoms with Gasteiger partial charge in [0.05, 0.1) is 0 Å². The lowest BCUT2D eigenvalue weighted by Gasteiger charge is -2.01. The number of nitrogens with zero attached hydrogens (tertiary/aromatic N) is 1. The molecule has 1 saturated heterocycles. The molecule has 18 heavy (non-hydrogen) atoms. The molecule has 1 unspecified atom stereocenters. The molecule has 0 spiro atoms. The summed E-state index contributed by atoms with van der Waals surface area (Å²) in [5.41, 5.74) is 1.000. The van der Waals surface area contributed by atoms with Crippen LogP contribution in [0.15, 0.2) is 42.5 Å². The van der Waals surface area contributed by atoms with Gasteiger partial charge in [-0.15, -0.1) is 0 Å². The summed E-state index contributed by atoms with van der Waals surface area (Å²) in [6.07, 6.45) is -0.249. The third-order valence-electron chi connectivity index (χ3n) is 2.97. The van der Waals surface area contributed by atoms with E-state index in [1.165, 1.54) is 10.4 Å². The molecule has 0 aliphatic carbocycles. The lowest BCUT2D eigenvalue weighted by atomic mass is 10.1. The van der Waals surface area contributed by atoms with Crippen LogP contribution in [0.4, 0.5) is 4.79 Å². The Bertz CT molecular complexity index is 597. The van der Waals surface area contributed by atoms with Crippen molar-refractivity contribution >= 4 is 16.8 Å². The predicted octanol–water partition coefficient (Wildman–Crippen LogP) is 2.82. The number of amides is 2. The number of nitrogens with one attached hydrogen (secondary N) is 1. The largest absolute Gasteiger partial charge is 0.344 e. The van der Waals surface area contributed by atoms with Gasteiger partial charge in [0.2, 0.25) is 6.23 Å². The lowest BCUT2D eigenvalue weighted by molar-refractivity contribution is 0.177. The maximum Gasteiger partial charge on any atom is 0.344 e. The van der Waals surface area contributed by atoms with Gasteiger partial charge in [0.1, 0.15) is 0 Å². The highest BCUT2D eigenvalue weighted by Crippen LogP contribution is 2.37. The molecule has 0 radical (unpaired) electrons. The molecule has 1 atom stereocenters. The lowest BCUT2D eigenvalue weighted by Crippen LogP contribution is -2.27. The van der Waals surface area contributed by atoms with Gasteiger partial charge in [-0.3, -0.25) is 0 Å². The van der Waals surface area contributed by atoms with Crippen molar-refractivity contribution in [2.24, 2.45) is 0 Å². The molecule has 2 aromatic carbocycles. The molecular formula is C14H14N2O2. The number of benzene rings is 2. The van der Waals surface area contributed by atoms with E-state index >= 15 is 0 Å². The molecule has 92 valence electrons. The third kappa shape index (κ3) is 1.91. The molecule has 4 heteroatoms. The zero-order valence-corrected chi connectivity index (χ0v) is 10.1. The average molecular weight is 242 g/mol. The number of carbonyl (C=O) groups is 1. The highest BCUT2D eigenvalue weighted by Gasteiger charge is 2.42. The Balaban J connectivity index is 1.82. The van der Waals surface area contributed by atoms with Crippen molar-refractivity contribution in [1.82, 2.24) is 10.4 Å². The molecule has 0 bridgehead atoms. The van der Waals surface area contributed by atoms with E-state index in [1.807, 2.05) is 31.2 Å². The van der Waals surface area contributed by atoms with Crippen LogP contribution in [0.3, 0.4) is 0 Å². The van der Waals surface area contributed by atoms with Crippen LogP contribution in [-0.2, 0) is 4.84 Å². The normalized spacial score (nSPS) is 17.8. The molecule has 1 aliphatic heterocycles. The summed E-state index contributed by atoms with van der Waals surface area (Å²) in [7, 11) is 0. The van der Waals surface area contributed by atoms with Gasteiger partial charge in [-0.2, -0.15) is 5.06 Å². The van der Waals surface area contributed by atoms with E-state index in [2.05, 4.69) is 23.5 Å². The minimum Gasteiger partial charge on any atom is -0.336 e. The van der Waals surface area contributed by atoms with E-state index in [1.54, 1.807) is 0 Å². The van der Waals surface area contributed by atoms with Crippen molar-refractivity contribution in [1.29, 1.82) is 0 Å². The van der Waals surface area contributed by atoms with E-state index in [0.29, 0.717) is 6.54 Å². The first-order valence-corrected chi connectivity index (χ1v) is 6.02. The standard InChI is InChI=1S/C14H14N2O2/c1-2-15-14(17)16-13(18-16)12-8-7-10-5-3-4-6-11(10)9-12/h3-9,13H,2H2,1H3,(H,15,17). The summed E-state index contributed by atoms with van der Waals surface area (Å²) < 4.78 is 0. The van der Waals surface area contributed by atoms with Gasteiger partial charge < -0.3 is 5.32 Å². The summed E-state index contributed by atoms with van der Waals surface area (Å²) in [5, 5.41) is 6.40. The van der Waals surface area contributed by atoms with Crippen LogP contribution in [0.1, 0.15) is 18.7 Å². The van der Waals surface area contributed by atoms with Crippen LogP contribution in [-0.4, -0.2) is 17.6 Å². The predicted molar refractivity (Wildman–Crippen MR) is 68.7 cm³/mol. The first kappa shape index (κ1) is 11.0. The monoisotopic (exact) mass is 242 g/mol. The number of fused-ring (bicyclic) bond motifs is 1. The maximum atomic E-state index is 11.5. The van der Waals surface area contributed by atoms with Crippen molar-refractivity contribution < 1.29 is 9.63 Å². The van der Waals surface area contributed by atoms with Crippen molar-refractivity contribution in [2.75, 3.05) is 6.54 Å². The zero-order valence-electron chi connectivity index (χ0n) is 10.1. The molecular weight excluding hydrogens is 228 g/mol. The van der Waals surface area contributed by atoms with E-state index in [0.717, 1.165) is 10.9 Å². The Hall–Kier alpha value is -2.07. The Labute approximate surface area is 105 Å². The third-order valence-corrected chi connectivity index (χ3v) is 2.97. The van der Waals surface area contributed by atoms with E-state index < -0.39 is 0 Å². The second-order valence-electron chi connectivity index (χ2n) is 4.23. The smallest absolute Gasteiger partial charge is 0.336 e. The topological polar surface area (TPSA) is 44.6 Å². The molecule has 1 N–H and O–H groups in total. The number of rotatable bonds is 2. The Morgan fingerprint density at radius 1 is 1.28 bits per heavy atom. The summed E-state index contributed by atoms with van der Waals surface area (Å²) in [4.78, 5) is 16.8. The summed E-state index contributed by atoms with van der Waals surface area (Å²) in [6, 6.07) is 14.0. The van der Waals surface area contributed by atoms with Crippen molar-refractivity contribution in [3.8, 4) is 0 Å². The van der Waals surface area contributed by atoms with Crippen LogP contribution in [0.25, 0.3) is 10.8 Å². The van der Waals surface area contributed by atoms with Crippen LogP contribution in [0, 0.1) is 0 Å². The fraction of sp³-hybridized carbons (Fsp3) is 0.214. The molecule has 2 aromatic rings. The summed E-state index contributed by atoms with van der Waals surface area (Å²) >= 11 is 0. The second-order valence-corrected chi connectivity index (χ2v) is 4.23. The summed E-state index contributed by atoms with van der Waals surface area (Å²) in [6.45, 7) is 2.48. The fourth-order valence-electron chi connectivity index (χ4n) is 2.02. The van der Waals surface area contributed by atoms with Gasteiger partial charge in [-0.05, 0) is 23.8 Å². The van der Waals surface area contributed by atoms with Gasteiger partial charge in [-0.1, -0.05) is 36.4 Å². The van der Waals surface area contributed by atoms with Gasteiger partial charge in [-0.25, -0.2) is 9.63 Å². The Kier molecular flexibility index (Phi) is 2.64. The molecule has 1 fully saturated rings. The minimum absolute atomic E-state index is 0.185. The Morgan fingerprint density at radius 3 is 2.83 bits per heavy atom. The van der Waals surface area contributed by atoms with Gasteiger partial charge in [0.15, 0.2) is 0 Å². The van der Waals surface area contributed by atoms with Crippen molar-refractivity contribution in [3.63, 3.8) is 0 Å². The molecule has 2 amide bonds. The number of urea groups is 1. The number of hydrogen-bond acceptors (Lipinski definition) is 2. The first-order chi connectivity index (χ1) is 8.79. The SMILES string of the molecule is CCNC(=O)N1OC1c1ccc2ccccc2c1. The molecule has 0 aromatic heterocycles. The second kappa shape index (κ2) is 4.31. The van der Waals surface area contributed by atoms with Gasteiger partial charge >= 0.3 is 6.03 Å². The van der Waals surface area contributed by atoms with E-state index in [9.17, 15) is 4.79 Å². The molecule has 1 aliphatic rings. The molecule has 4 nitrogen and oxygen atoms in total. The first-order valence-electron chi connectivity index (χ1n) is 6.02. The average Bonchev–Trinajstić information content (AvgIpc) is 3.19. The molecule has 0 saturated carbocycles. The van der Waals surface area contributed by atoms with Crippen molar-refractivity contribution in [2.45, 2.75) is 13.2 Å². The van der Waals surface area contributed by atoms with Crippen LogP contribution in [0.5, 0.6) is 0 Å². The van der Waals surface area contributed by atoms with Crippen LogP contribution in [0.2, 0.25) is 0 Å². The molecule has 3 rings (SSSR count). The quantitative estimate of drug-likeness (QED) is 0.823.